The van der Waals surface area contributed by atoms with Crippen molar-refractivity contribution in [3.05, 3.63) is 28.2 Å². The Morgan fingerprint density at radius 2 is 1.95 bits per heavy atom. The van der Waals surface area contributed by atoms with Crippen molar-refractivity contribution in [3.8, 4) is 0 Å². The Morgan fingerprint density at radius 1 is 1.29 bits per heavy atom. The number of alkyl halides is 3. The Labute approximate surface area is 131 Å². The Hall–Kier alpha value is -0.750. The summed E-state index contributed by atoms with van der Waals surface area (Å²) in [5, 5.41) is 3.28. The summed E-state index contributed by atoms with van der Waals surface area (Å²) in [6, 6.07) is 4.41. The smallest absolute Gasteiger partial charge is 0.371 e. The van der Waals surface area contributed by atoms with Gasteiger partial charge < -0.3 is 10.2 Å². The van der Waals surface area contributed by atoms with Crippen molar-refractivity contribution in [2.45, 2.75) is 25.9 Å². The van der Waals surface area contributed by atoms with Crippen LogP contribution in [0.2, 0.25) is 0 Å². The van der Waals surface area contributed by atoms with Crippen LogP contribution >= 0.6 is 15.9 Å². The molecule has 1 N–H and O–H groups in total. The van der Waals surface area contributed by atoms with Crippen LogP contribution in [0.25, 0.3) is 0 Å². The van der Waals surface area contributed by atoms with E-state index in [9.17, 15) is 13.2 Å². The first kappa shape index (κ1) is 16.6. The number of halogens is 4. The molecule has 2 rings (SSSR count). The highest BCUT2D eigenvalue weighted by Crippen LogP contribution is 2.38. The predicted molar refractivity (Wildman–Crippen MR) is 82.6 cm³/mol. The van der Waals surface area contributed by atoms with E-state index in [1.807, 2.05) is 11.8 Å². The normalized spacial score (nSPS) is 17.0. The second-order valence-electron chi connectivity index (χ2n) is 5.39. The molecule has 0 aromatic heterocycles. The maximum Gasteiger partial charge on any atom is 0.418 e. The number of hydrogen-bond acceptors (Lipinski definition) is 2. The average Bonchev–Trinajstić information content (AvgIpc) is 2.45. The zero-order valence-electron chi connectivity index (χ0n) is 12.0. The minimum absolute atomic E-state index is 0.284. The third-order valence-corrected chi connectivity index (χ3v) is 4.42. The largest absolute Gasteiger partial charge is 0.418 e. The van der Waals surface area contributed by atoms with Crippen molar-refractivity contribution < 1.29 is 13.2 Å². The fourth-order valence-corrected chi connectivity index (χ4v) is 3.15. The summed E-state index contributed by atoms with van der Waals surface area (Å²) in [5.74, 6) is 0.455. The number of benzene rings is 1. The van der Waals surface area contributed by atoms with Gasteiger partial charge in [0, 0.05) is 23.2 Å². The van der Waals surface area contributed by atoms with E-state index in [0.29, 0.717) is 23.5 Å². The molecule has 0 radical (unpaired) electrons. The number of hydrogen-bond donors (Lipinski definition) is 1. The minimum Gasteiger partial charge on any atom is -0.371 e. The van der Waals surface area contributed by atoms with Gasteiger partial charge in [-0.25, -0.2) is 0 Å². The molecule has 0 atom stereocenters. The average molecular weight is 365 g/mol. The van der Waals surface area contributed by atoms with Crippen molar-refractivity contribution >= 4 is 21.6 Å². The topological polar surface area (TPSA) is 15.3 Å². The molecule has 21 heavy (non-hydrogen) atoms. The lowest BCUT2D eigenvalue weighted by atomic mass is 9.97. The molecule has 118 valence electrons. The van der Waals surface area contributed by atoms with Crippen molar-refractivity contribution in [1.29, 1.82) is 0 Å². The molecule has 1 heterocycles. The van der Waals surface area contributed by atoms with Gasteiger partial charge in [-0.1, -0.05) is 15.9 Å². The summed E-state index contributed by atoms with van der Waals surface area (Å²) in [5.41, 5.74) is -0.278. The first-order valence-electron chi connectivity index (χ1n) is 7.24. The number of nitrogens with zero attached hydrogens (tertiary/aromatic N) is 1. The molecule has 1 aromatic rings. The molecule has 0 unspecified atom stereocenters. The molecular weight excluding hydrogens is 345 g/mol. The van der Waals surface area contributed by atoms with E-state index >= 15 is 0 Å². The second-order valence-corrected chi connectivity index (χ2v) is 6.31. The molecule has 0 aliphatic carbocycles. The van der Waals surface area contributed by atoms with Crippen LogP contribution in [-0.4, -0.2) is 26.2 Å². The number of nitrogens with one attached hydrogen (secondary N) is 1. The summed E-state index contributed by atoms with van der Waals surface area (Å²) < 4.78 is 40.2. The molecule has 6 heteroatoms. The lowest BCUT2D eigenvalue weighted by molar-refractivity contribution is -0.137. The fourth-order valence-electron chi connectivity index (χ4n) is 2.78. The van der Waals surface area contributed by atoms with Crippen LogP contribution in [0.5, 0.6) is 0 Å². The third kappa shape index (κ3) is 4.36. The van der Waals surface area contributed by atoms with Gasteiger partial charge in [0.05, 0.1) is 5.56 Å². The highest BCUT2D eigenvalue weighted by atomic mass is 79.9. The van der Waals surface area contributed by atoms with Crippen LogP contribution < -0.4 is 10.2 Å². The lowest BCUT2D eigenvalue weighted by Crippen LogP contribution is -2.37. The standard InChI is InChI=1S/C15H20BrF3N2/c1-2-21(10-11-5-7-20-8-6-11)14-4-3-12(16)9-13(14)15(17,18)19/h3-4,9,11,20H,2,5-8,10H2,1H3. The Balaban J connectivity index is 2.24. The molecule has 2 nitrogen and oxygen atoms in total. The predicted octanol–water partition coefficient (Wildman–Crippen LogP) is 4.29. The van der Waals surface area contributed by atoms with Gasteiger partial charge in [-0.3, -0.25) is 0 Å². The van der Waals surface area contributed by atoms with Crippen LogP contribution in [0.15, 0.2) is 22.7 Å². The van der Waals surface area contributed by atoms with Gasteiger partial charge in [-0.05, 0) is 57.0 Å². The van der Waals surface area contributed by atoms with Crippen molar-refractivity contribution in [1.82, 2.24) is 5.32 Å². The van der Waals surface area contributed by atoms with Crippen LogP contribution in [0.3, 0.4) is 0 Å². The molecule has 0 bridgehead atoms. The molecular formula is C15H20BrF3N2. The Morgan fingerprint density at radius 3 is 2.52 bits per heavy atom. The van der Waals surface area contributed by atoms with Gasteiger partial charge in [0.2, 0.25) is 0 Å². The third-order valence-electron chi connectivity index (χ3n) is 3.92. The number of anilines is 1. The highest BCUT2D eigenvalue weighted by molar-refractivity contribution is 9.10. The van der Waals surface area contributed by atoms with Gasteiger partial charge in [-0.2, -0.15) is 13.2 Å². The maximum absolute atomic E-state index is 13.2. The summed E-state index contributed by atoms with van der Waals surface area (Å²) >= 11 is 3.13. The summed E-state index contributed by atoms with van der Waals surface area (Å²) in [6.45, 7) is 5.07. The van der Waals surface area contributed by atoms with E-state index in [-0.39, 0.29) is 5.69 Å². The van der Waals surface area contributed by atoms with Gasteiger partial charge >= 0.3 is 6.18 Å². The SMILES string of the molecule is CCN(CC1CCNCC1)c1ccc(Br)cc1C(F)(F)F. The Bertz CT molecular complexity index is 470. The molecule has 1 aromatic carbocycles. The summed E-state index contributed by atoms with van der Waals surface area (Å²) in [7, 11) is 0. The maximum atomic E-state index is 13.2. The summed E-state index contributed by atoms with van der Waals surface area (Å²) in [4.78, 5) is 1.85. The van der Waals surface area contributed by atoms with E-state index in [2.05, 4.69) is 21.2 Å². The van der Waals surface area contributed by atoms with Crippen molar-refractivity contribution in [3.63, 3.8) is 0 Å². The zero-order valence-corrected chi connectivity index (χ0v) is 13.6. The van der Waals surface area contributed by atoms with Crippen molar-refractivity contribution in [2.75, 3.05) is 31.1 Å². The van der Waals surface area contributed by atoms with Crippen LogP contribution in [0, 0.1) is 5.92 Å². The van der Waals surface area contributed by atoms with Gasteiger partial charge in [0.25, 0.3) is 0 Å². The van der Waals surface area contributed by atoms with E-state index in [0.717, 1.165) is 25.9 Å². The lowest BCUT2D eigenvalue weighted by Gasteiger charge is -2.32. The fraction of sp³-hybridized carbons (Fsp3) is 0.600. The molecule has 0 amide bonds. The molecule has 1 aliphatic rings. The van der Waals surface area contributed by atoms with Crippen molar-refractivity contribution in [2.24, 2.45) is 5.92 Å². The molecule has 1 aliphatic heterocycles. The monoisotopic (exact) mass is 364 g/mol. The van der Waals surface area contributed by atoms with Gasteiger partial charge in [-0.15, -0.1) is 0 Å². The first-order valence-corrected chi connectivity index (χ1v) is 8.03. The second kappa shape index (κ2) is 7.01. The summed E-state index contributed by atoms with van der Waals surface area (Å²) in [6.07, 6.45) is -2.29. The molecule has 1 saturated heterocycles. The van der Waals surface area contributed by atoms with E-state index in [4.69, 9.17) is 0 Å². The first-order chi connectivity index (χ1) is 9.91. The van der Waals surface area contributed by atoms with Crippen LogP contribution in [-0.2, 0) is 6.18 Å². The van der Waals surface area contributed by atoms with E-state index in [1.54, 1.807) is 12.1 Å². The quantitative estimate of drug-likeness (QED) is 0.856. The van der Waals surface area contributed by atoms with Crippen LogP contribution in [0.4, 0.5) is 18.9 Å². The van der Waals surface area contributed by atoms with Crippen LogP contribution in [0.1, 0.15) is 25.3 Å². The van der Waals surface area contributed by atoms with Gasteiger partial charge in [0.15, 0.2) is 0 Å². The number of rotatable bonds is 4. The molecule has 0 saturated carbocycles. The molecule has 1 fully saturated rings. The minimum atomic E-state index is -4.33. The molecule has 0 spiro atoms. The van der Waals surface area contributed by atoms with Gasteiger partial charge in [0.1, 0.15) is 0 Å². The number of piperidine rings is 1. The highest BCUT2D eigenvalue weighted by Gasteiger charge is 2.35. The zero-order chi connectivity index (χ0) is 15.5. The Kier molecular flexibility index (Phi) is 5.54. The van der Waals surface area contributed by atoms with E-state index < -0.39 is 11.7 Å². The van der Waals surface area contributed by atoms with E-state index in [1.165, 1.54) is 6.07 Å².